The van der Waals surface area contributed by atoms with Gasteiger partial charge in [0.25, 0.3) is 0 Å². The number of rotatable bonds is 3. The van der Waals surface area contributed by atoms with Gasteiger partial charge in [-0.25, -0.2) is 18.2 Å². The van der Waals surface area contributed by atoms with Crippen LogP contribution in [0.2, 0.25) is 0 Å². The van der Waals surface area contributed by atoms with E-state index in [0.29, 0.717) is 17.8 Å². The summed E-state index contributed by atoms with van der Waals surface area (Å²) in [5, 5.41) is 0. The summed E-state index contributed by atoms with van der Waals surface area (Å²) in [6.45, 7) is 0. The smallest absolute Gasteiger partial charge is 0.182 e. The first-order valence-corrected chi connectivity index (χ1v) is 6.83. The molecule has 0 aliphatic rings. The Hall–Kier alpha value is -2.01. The van der Waals surface area contributed by atoms with Gasteiger partial charge in [-0.05, 0) is 24.3 Å². The summed E-state index contributed by atoms with van der Waals surface area (Å²) in [4.78, 5) is 4.16. The lowest BCUT2D eigenvalue weighted by molar-refractivity contribution is 0.504. The number of hydrogen-bond donors (Lipinski definition) is 0. The molecule has 0 spiro atoms. The van der Waals surface area contributed by atoms with Crippen LogP contribution in [0.5, 0.6) is 0 Å². The molecule has 0 fully saturated rings. The van der Waals surface area contributed by atoms with E-state index < -0.39 is 17.5 Å². The van der Waals surface area contributed by atoms with Crippen LogP contribution in [0.15, 0.2) is 36.4 Å². The fourth-order valence-corrected chi connectivity index (χ4v) is 2.47. The molecule has 3 aromatic rings. The third-order valence-corrected chi connectivity index (χ3v) is 3.38. The Labute approximate surface area is 123 Å². The maximum atomic E-state index is 14.1. The predicted molar refractivity (Wildman–Crippen MR) is 75.4 cm³/mol. The lowest BCUT2D eigenvalue weighted by Gasteiger charge is -2.10. The highest BCUT2D eigenvalue weighted by Gasteiger charge is 2.18. The van der Waals surface area contributed by atoms with E-state index >= 15 is 0 Å². The summed E-state index contributed by atoms with van der Waals surface area (Å²) in [6.07, 6.45) is 0.311. The Morgan fingerprint density at radius 2 is 1.71 bits per heavy atom. The molecular formula is C15H10ClF3N2. The second kappa shape index (κ2) is 5.41. The van der Waals surface area contributed by atoms with Gasteiger partial charge in [-0.15, -0.1) is 11.6 Å². The van der Waals surface area contributed by atoms with Crippen molar-refractivity contribution in [2.24, 2.45) is 0 Å². The van der Waals surface area contributed by atoms with Gasteiger partial charge >= 0.3 is 0 Å². The standard InChI is InChI=1S/C15H10ClF3N2/c16-8-7-13-20-15-10(18)4-2-6-12(15)21(13)11-5-1-3-9(17)14(11)19/h1-6H,7-8H2. The number of aryl methyl sites for hydroxylation is 1. The summed E-state index contributed by atoms with van der Waals surface area (Å²) < 4.78 is 42.8. The minimum absolute atomic E-state index is 0.0109. The van der Waals surface area contributed by atoms with E-state index in [4.69, 9.17) is 11.6 Å². The van der Waals surface area contributed by atoms with Crippen LogP contribution in [0.1, 0.15) is 5.82 Å². The van der Waals surface area contributed by atoms with Crippen molar-refractivity contribution in [1.82, 2.24) is 9.55 Å². The van der Waals surface area contributed by atoms with Gasteiger partial charge in [0.15, 0.2) is 17.5 Å². The Morgan fingerprint density at radius 1 is 1.00 bits per heavy atom. The normalized spacial score (nSPS) is 11.2. The number of para-hydroxylation sites is 1. The molecule has 2 aromatic carbocycles. The van der Waals surface area contributed by atoms with Crippen molar-refractivity contribution in [3.05, 3.63) is 59.7 Å². The van der Waals surface area contributed by atoms with E-state index in [1.54, 1.807) is 6.07 Å². The average molecular weight is 311 g/mol. The summed E-state index contributed by atoms with van der Waals surface area (Å²) in [5.74, 6) is -1.87. The minimum Gasteiger partial charge on any atom is -0.293 e. The van der Waals surface area contributed by atoms with Gasteiger partial charge in [0.1, 0.15) is 11.3 Å². The lowest BCUT2D eigenvalue weighted by atomic mass is 10.2. The van der Waals surface area contributed by atoms with Crippen LogP contribution in [0, 0.1) is 17.5 Å². The monoisotopic (exact) mass is 310 g/mol. The predicted octanol–water partition coefficient (Wildman–Crippen LogP) is 4.22. The molecule has 0 bridgehead atoms. The van der Waals surface area contributed by atoms with Crippen LogP contribution in [-0.4, -0.2) is 15.4 Å². The molecule has 1 heterocycles. The molecule has 0 N–H and O–H groups in total. The fraction of sp³-hybridized carbons (Fsp3) is 0.133. The summed E-state index contributed by atoms with van der Waals surface area (Å²) in [5.41, 5.74) is 0.476. The number of hydrogen-bond acceptors (Lipinski definition) is 1. The third-order valence-electron chi connectivity index (χ3n) is 3.20. The molecule has 0 amide bonds. The molecule has 108 valence electrons. The maximum absolute atomic E-state index is 14.1. The van der Waals surface area contributed by atoms with Crippen molar-refractivity contribution in [3.63, 3.8) is 0 Å². The number of benzene rings is 2. The summed E-state index contributed by atoms with van der Waals surface area (Å²) >= 11 is 5.72. The lowest BCUT2D eigenvalue weighted by Crippen LogP contribution is -2.05. The number of nitrogens with zero attached hydrogens (tertiary/aromatic N) is 2. The number of aromatic nitrogens is 2. The minimum atomic E-state index is -1.00. The van der Waals surface area contributed by atoms with Gasteiger partial charge in [0, 0.05) is 12.3 Å². The van der Waals surface area contributed by atoms with E-state index in [-0.39, 0.29) is 17.1 Å². The van der Waals surface area contributed by atoms with Crippen LogP contribution >= 0.6 is 11.6 Å². The SMILES string of the molecule is Fc1cccc(-n2c(CCCl)nc3c(F)cccc32)c1F. The van der Waals surface area contributed by atoms with Crippen molar-refractivity contribution < 1.29 is 13.2 Å². The second-order valence-corrected chi connectivity index (χ2v) is 4.86. The average Bonchev–Trinajstić information content (AvgIpc) is 2.82. The molecule has 0 aliphatic carbocycles. The molecule has 21 heavy (non-hydrogen) atoms. The molecule has 0 aliphatic heterocycles. The van der Waals surface area contributed by atoms with E-state index in [1.165, 1.54) is 28.8 Å². The Morgan fingerprint density at radius 3 is 2.48 bits per heavy atom. The van der Waals surface area contributed by atoms with Crippen molar-refractivity contribution in [3.8, 4) is 5.69 Å². The van der Waals surface area contributed by atoms with Crippen LogP contribution in [0.25, 0.3) is 16.7 Å². The van der Waals surface area contributed by atoms with E-state index in [9.17, 15) is 13.2 Å². The fourth-order valence-electron chi connectivity index (χ4n) is 2.30. The van der Waals surface area contributed by atoms with Gasteiger partial charge in [0.05, 0.1) is 11.2 Å². The van der Waals surface area contributed by atoms with E-state index in [1.807, 2.05) is 0 Å². The topological polar surface area (TPSA) is 17.8 Å². The quantitative estimate of drug-likeness (QED) is 0.662. The van der Waals surface area contributed by atoms with Crippen molar-refractivity contribution >= 4 is 22.6 Å². The Bertz CT molecular complexity index is 814. The maximum Gasteiger partial charge on any atom is 0.182 e. The third kappa shape index (κ3) is 2.27. The van der Waals surface area contributed by atoms with Crippen LogP contribution in [0.4, 0.5) is 13.2 Å². The molecule has 0 unspecified atom stereocenters. The van der Waals surface area contributed by atoms with Crippen LogP contribution < -0.4 is 0 Å². The van der Waals surface area contributed by atoms with Gasteiger partial charge in [0.2, 0.25) is 0 Å². The van der Waals surface area contributed by atoms with E-state index in [0.717, 1.165) is 6.07 Å². The molecular weight excluding hydrogens is 301 g/mol. The molecule has 3 rings (SSSR count). The molecule has 0 saturated heterocycles. The highest BCUT2D eigenvalue weighted by atomic mass is 35.5. The zero-order valence-corrected chi connectivity index (χ0v) is 11.5. The van der Waals surface area contributed by atoms with Crippen LogP contribution in [0.3, 0.4) is 0 Å². The zero-order chi connectivity index (χ0) is 15.0. The van der Waals surface area contributed by atoms with Crippen molar-refractivity contribution in [1.29, 1.82) is 0 Å². The van der Waals surface area contributed by atoms with Gasteiger partial charge in [-0.3, -0.25) is 4.57 Å². The molecule has 1 aromatic heterocycles. The van der Waals surface area contributed by atoms with Crippen molar-refractivity contribution in [2.75, 3.05) is 5.88 Å². The Kier molecular flexibility index (Phi) is 3.59. The number of imidazole rings is 1. The summed E-state index contributed by atoms with van der Waals surface area (Å²) in [6, 6.07) is 8.21. The van der Waals surface area contributed by atoms with Crippen molar-refractivity contribution in [2.45, 2.75) is 6.42 Å². The Balaban J connectivity index is 2.37. The first-order chi connectivity index (χ1) is 10.1. The first kappa shape index (κ1) is 13.9. The molecule has 6 heteroatoms. The van der Waals surface area contributed by atoms with Gasteiger partial charge in [-0.2, -0.15) is 0 Å². The van der Waals surface area contributed by atoms with Crippen LogP contribution in [-0.2, 0) is 6.42 Å². The van der Waals surface area contributed by atoms with Gasteiger partial charge in [-0.1, -0.05) is 12.1 Å². The number of fused-ring (bicyclic) bond motifs is 1. The molecule has 0 saturated carbocycles. The molecule has 2 nitrogen and oxygen atoms in total. The number of halogens is 4. The van der Waals surface area contributed by atoms with Gasteiger partial charge < -0.3 is 0 Å². The zero-order valence-electron chi connectivity index (χ0n) is 10.8. The first-order valence-electron chi connectivity index (χ1n) is 6.29. The largest absolute Gasteiger partial charge is 0.293 e. The van der Waals surface area contributed by atoms with E-state index in [2.05, 4.69) is 4.98 Å². The highest BCUT2D eigenvalue weighted by Crippen LogP contribution is 2.26. The summed E-state index contributed by atoms with van der Waals surface area (Å²) in [7, 11) is 0. The highest BCUT2D eigenvalue weighted by molar-refractivity contribution is 6.17. The molecule has 0 atom stereocenters. The number of alkyl halides is 1. The molecule has 0 radical (unpaired) electrons. The second-order valence-electron chi connectivity index (χ2n) is 4.48.